The van der Waals surface area contributed by atoms with Crippen LogP contribution < -0.4 is 0 Å². The predicted molar refractivity (Wildman–Crippen MR) is 123 cm³/mol. The third-order valence-corrected chi connectivity index (χ3v) is 6.34. The van der Waals surface area contributed by atoms with Crippen LogP contribution in [-0.2, 0) is 14.3 Å². The van der Waals surface area contributed by atoms with E-state index < -0.39 is 10.1 Å². The summed E-state index contributed by atoms with van der Waals surface area (Å²) in [7, 11) is -3.58. The molecule has 0 radical (unpaired) electrons. The van der Waals surface area contributed by atoms with Crippen molar-refractivity contribution in [1.82, 2.24) is 0 Å². The maximum atomic E-state index is 12.0. The first-order valence-corrected chi connectivity index (χ1v) is 12.5. The summed E-state index contributed by atoms with van der Waals surface area (Å²) in [5, 5.41) is 0. The number of hydrogen-bond donors (Lipinski definition) is 0. The minimum atomic E-state index is -3.58. The molecule has 0 bridgehead atoms. The van der Waals surface area contributed by atoms with Crippen LogP contribution in [0.3, 0.4) is 0 Å². The van der Waals surface area contributed by atoms with Crippen molar-refractivity contribution in [3.8, 4) is 0 Å². The van der Waals surface area contributed by atoms with Gasteiger partial charge in [0.25, 0.3) is 10.1 Å². The average molecular weight is 439 g/mol. The van der Waals surface area contributed by atoms with Crippen LogP contribution in [0.25, 0.3) is 0 Å². The van der Waals surface area contributed by atoms with Crippen molar-refractivity contribution >= 4 is 47.9 Å². The Morgan fingerprint density at radius 3 is 1.46 bits per heavy atom. The summed E-state index contributed by atoms with van der Waals surface area (Å²) in [6, 6.07) is 8.37. The molecule has 0 aliphatic carbocycles. The van der Waals surface area contributed by atoms with Crippen LogP contribution in [0.4, 0.5) is 0 Å². The zero-order valence-electron chi connectivity index (χ0n) is 17.3. The van der Waals surface area contributed by atoms with E-state index in [2.05, 4.69) is 6.92 Å². The van der Waals surface area contributed by atoms with Crippen molar-refractivity contribution in [2.45, 2.75) is 108 Å². The van der Waals surface area contributed by atoms with E-state index in [-0.39, 0.29) is 49.2 Å². The molecular formula is C23H42CaO3S. The second kappa shape index (κ2) is 19.4. The molecule has 0 aromatic heterocycles. The summed E-state index contributed by atoms with van der Waals surface area (Å²) in [6.45, 7) is 2.56. The molecule has 1 aromatic carbocycles. The maximum absolute atomic E-state index is 12.0. The van der Waals surface area contributed by atoms with Gasteiger partial charge in [-0.15, -0.1) is 0 Å². The predicted octanol–water partition coefficient (Wildman–Crippen LogP) is 6.35. The standard InChI is InChI=1S/C23H40O3S.Ca.2H/c1-2-3-4-5-6-7-8-9-10-11-12-13-14-15-19-22-26-27(24,25)23-20-17-16-18-21-23;;;/h16-18,20-21H,2-15,19,22H2,1H3;;;. The zero-order chi connectivity index (χ0) is 19.6. The first kappa shape index (κ1) is 28.4. The molecule has 0 atom stereocenters. The van der Waals surface area contributed by atoms with Gasteiger partial charge in [-0.2, -0.15) is 8.42 Å². The van der Waals surface area contributed by atoms with Crippen LogP contribution in [0.2, 0.25) is 0 Å². The van der Waals surface area contributed by atoms with Crippen molar-refractivity contribution in [3.05, 3.63) is 30.3 Å². The third-order valence-electron chi connectivity index (χ3n) is 5.02. The van der Waals surface area contributed by atoms with Gasteiger partial charge < -0.3 is 0 Å². The number of hydrogen-bond acceptors (Lipinski definition) is 3. The molecule has 0 unspecified atom stereocenters. The molecule has 0 spiro atoms. The van der Waals surface area contributed by atoms with Crippen LogP contribution in [-0.4, -0.2) is 52.8 Å². The number of unbranched alkanes of at least 4 members (excludes halogenated alkanes) is 14. The monoisotopic (exact) mass is 438 g/mol. The number of rotatable bonds is 18. The molecule has 5 heteroatoms. The van der Waals surface area contributed by atoms with E-state index in [1.807, 2.05) is 0 Å². The van der Waals surface area contributed by atoms with E-state index in [9.17, 15) is 8.42 Å². The summed E-state index contributed by atoms with van der Waals surface area (Å²) < 4.78 is 29.0. The second-order valence-electron chi connectivity index (χ2n) is 7.54. The minimum absolute atomic E-state index is 0. The van der Waals surface area contributed by atoms with Crippen LogP contribution >= 0.6 is 0 Å². The molecule has 0 aliphatic heterocycles. The Bertz CT molecular complexity index is 546. The van der Waals surface area contributed by atoms with Gasteiger partial charge in [0.2, 0.25) is 0 Å². The Labute approximate surface area is 204 Å². The van der Waals surface area contributed by atoms with Crippen molar-refractivity contribution in [3.63, 3.8) is 0 Å². The molecule has 1 aromatic rings. The summed E-state index contributed by atoms with van der Waals surface area (Å²) in [6.07, 6.45) is 19.5. The second-order valence-corrected chi connectivity index (χ2v) is 9.15. The fourth-order valence-electron chi connectivity index (χ4n) is 3.30. The Morgan fingerprint density at radius 2 is 1.04 bits per heavy atom. The molecule has 1 rings (SSSR count). The van der Waals surface area contributed by atoms with Crippen LogP contribution in [0.1, 0.15) is 103 Å². The number of benzene rings is 1. The first-order chi connectivity index (χ1) is 13.2. The van der Waals surface area contributed by atoms with Crippen molar-refractivity contribution < 1.29 is 12.6 Å². The molecule has 0 amide bonds. The SMILES string of the molecule is CCCCCCCCCCCCCCCCCOS(=O)(=O)c1ccccc1.[CaH2]. The molecule has 0 saturated heterocycles. The van der Waals surface area contributed by atoms with E-state index in [4.69, 9.17) is 4.18 Å². The molecule has 0 fully saturated rings. The molecule has 160 valence electrons. The normalized spacial score (nSPS) is 11.3. The molecular weight excluding hydrogens is 396 g/mol. The summed E-state index contributed by atoms with van der Waals surface area (Å²) in [4.78, 5) is 0.242. The van der Waals surface area contributed by atoms with E-state index in [1.54, 1.807) is 30.3 Å². The van der Waals surface area contributed by atoms with Gasteiger partial charge >= 0.3 is 37.7 Å². The fourth-order valence-corrected chi connectivity index (χ4v) is 4.26. The quantitative estimate of drug-likeness (QED) is 0.152. The fraction of sp³-hybridized carbons (Fsp3) is 0.739. The molecule has 0 N–H and O–H groups in total. The topological polar surface area (TPSA) is 43.4 Å². The van der Waals surface area contributed by atoms with Gasteiger partial charge in [-0.3, -0.25) is 4.18 Å². The van der Waals surface area contributed by atoms with Gasteiger partial charge in [-0.1, -0.05) is 115 Å². The van der Waals surface area contributed by atoms with Gasteiger partial charge in [-0.25, -0.2) is 0 Å². The van der Waals surface area contributed by atoms with Crippen molar-refractivity contribution in [1.29, 1.82) is 0 Å². The molecule has 0 aliphatic rings. The van der Waals surface area contributed by atoms with Crippen LogP contribution in [0.15, 0.2) is 35.2 Å². The summed E-state index contributed by atoms with van der Waals surface area (Å²) >= 11 is 0. The van der Waals surface area contributed by atoms with Crippen molar-refractivity contribution in [2.75, 3.05) is 6.61 Å². The van der Waals surface area contributed by atoms with Gasteiger partial charge in [0.1, 0.15) is 0 Å². The van der Waals surface area contributed by atoms with Gasteiger partial charge in [0.05, 0.1) is 11.5 Å². The molecule has 3 nitrogen and oxygen atoms in total. The van der Waals surface area contributed by atoms with Crippen LogP contribution in [0, 0.1) is 0 Å². The van der Waals surface area contributed by atoms with Gasteiger partial charge in [-0.05, 0) is 18.6 Å². The average Bonchev–Trinajstić information content (AvgIpc) is 2.68. The van der Waals surface area contributed by atoms with E-state index in [0.717, 1.165) is 12.8 Å². The van der Waals surface area contributed by atoms with Crippen LogP contribution in [0.5, 0.6) is 0 Å². The zero-order valence-corrected chi connectivity index (χ0v) is 18.1. The van der Waals surface area contributed by atoms with Gasteiger partial charge in [0, 0.05) is 0 Å². The van der Waals surface area contributed by atoms with E-state index in [1.165, 1.54) is 83.5 Å². The molecule has 0 heterocycles. The van der Waals surface area contributed by atoms with E-state index >= 15 is 0 Å². The summed E-state index contributed by atoms with van der Waals surface area (Å²) in [5.41, 5.74) is 0. The molecule has 28 heavy (non-hydrogen) atoms. The van der Waals surface area contributed by atoms with Gasteiger partial charge in [0.15, 0.2) is 0 Å². The Kier molecular flexibility index (Phi) is 19.6. The Balaban J connectivity index is 0.00000729. The Morgan fingerprint density at radius 1 is 0.643 bits per heavy atom. The summed E-state index contributed by atoms with van der Waals surface area (Å²) in [5.74, 6) is 0. The third kappa shape index (κ3) is 15.3. The molecule has 0 saturated carbocycles. The van der Waals surface area contributed by atoms with E-state index in [0.29, 0.717) is 0 Å². The Hall–Kier alpha value is 0.390. The first-order valence-electron chi connectivity index (χ1n) is 11.1. The van der Waals surface area contributed by atoms with Crippen molar-refractivity contribution in [2.24, 2.45) is 0 Å².